The summed E-state index contributed by atoms with van der Waals surface area (Å²) < 4.78 is 0. The highest BCUT2D eigenvalue weighted by atomic mass is 15.1. The van der Waals surface area contributed by atoms with Crippen molar-refractivity contribution in [2.45, 2.75) is 24.7 Å². The quantitative estimate of drug-likeness (QED) is 0.142. The molecule has 0 radical (unpaired) electrons. The van der Waals surface area contributed by atoms with E-state index in [2.05, 4.69) is 255 Å². The monoisotopic (exact) mass is 755 g/mol. The van der Waals surface area contributed by atoms with E-state index in [9.17, 15) is 0 Å². The van der Waals surface area contributed by atoms with Crippen molar-refractivity contribution in [3.63, 3.8) is 0 Å². The third kappa shape index (κ3) is 6.27. The second kappa shape index (κ2) is 14.9. The van der Waals surface area contributed by atoms with Crippen molar-refractivity contribution >= 4 is 17.1 Å². The van der Waals surface area contributed by atoms with Gasteiger partial charge < -0.3 is 4.90 Å². The summed E-state index contributed by atoms with van der Waals surface area (Å²) >= 11 is 0. The second-order valence-corrected chi connectivity index (χ2v) is 16.1. The van der Waals surface area contributed by atoms with Crippen molar-refractivity contribution in [2.24, 2.45) is 0 Å². The van der Waals surface area contributed by atoms with Gasteiger partial charge >= 0.3 is 0 Å². The van der Waals surface area contributed by atoms with Crippen molar-refractivity contribution in [3.8, 4) is 33.4 Å². The smallest absolute Gasteiger partial charge is 0.0714 e. The molecular weight excluding hydrogens is 711 g/mol. The number of fused-ring (bicyclic) bond motifs is 3. The first kappa shape index (κ1) is 36.1. The minimum Gasteiger partial charge on any atom is -0.310 e. The Kier molecular flexibility index (Phi) is 9.15. The van der Waals surface area contributed by atoms with Gasteiger partial charge in [0.25, 0.3) is 0 Å². The summed E-state index contributed by atoms with van der Waals surface area (Å²) in [6.07, 6.45) is 0. The number of benzene rings is 9. The highest BCUT2D eigenvalue weighted by Gasteiger charge is 2.46. The molecule has 59 heavy (non-hydrogen) atoms. The lowest BCUT2D eigenvalue weighted by Gasteiger charge is -2.35. The fraction of sp³-hybridized carbons (Fsp3) is 0.0690. The number of rotatable bonds is 9. The predicted octanol–water partition coefficient (Wildman–Crippen LogP) is 15.2. The van der Waals surface area contributed by atoms with E-state index in [1.54, 1.807) is 0 Å². The zero-order valence-corrected chi connectivity index (χ0v) is 33.5. The SMILES string of the molecule is CC(C)(c1ccccc1)c1ccc(N(c2ccc(-c3ccc(-c4ccccc4)cc3)cc2)c2ccc3c(c2)C(c2ccccc2)(c2ccccc2)c2ccccc2-3)cc1. The number of hydrogen-bond acceptors (Lipinski definition) is 1. The molecule has 1 aliphatic carbocycles. The van der Waals surface area contributed by atoms with Crippen molar-refractivity contribution in [1.29, 1.82) is 0 Å². The molecule has 0 atom stereocenters. The molecule has 0 unspecified atom stereocenters. The Balaban J connectivity index is 1.12. The molecule has 0 aliphatic heterocycles. The molecule has 9 aromatic carbocycles. The van der Waals surface area contributed by atoms with Gasteiger partial charge in [0.05, 0.1) is 5.41 Å². The number of hydrogen-bond donors (Lipinski definition) is 0. The van der Waals surface area contributed by atoms with Crippen LogP contribution in [0.25, 0.3) is 33.4 Å². The summed E-state index contributed by atoms with van der Waals surface area (Å²) in [5, 5.41) is 0. The van der Waals surface area contributed by atoms with Gasteiger partial charge in [0.2, 0.25) is 0 Å². The first-order valence-corrected chi connectivity index (χ1v) is 20.6. The fourth-order valence-corrected chi connectivity index (χ4v) is 9.36. The van der Waals surface area contributed by atoms with E-state index in [-0.39, 0.29) is 5.41 Å². The van der Waals surface area contributed by atoms with E-state index < -0.39 is 5.41 Å². The minimum absolute atomic E-state index is 0.146. The summed E-state index contributed by atoms with van der Waals surface area (Å²) in [7, 11) is 0. The molecular formula is C58H45N. The largest absolute Gasteiger partial charge is 0.310 e. The molecule has 0 fully saturated rings. The molecule has 9 aromatic rings. The standard InChI is InChI=1S/C58H45N/c1-57(2,46-19-9-4-10-20-46)47-33-37-51(38-34-47)59(50-35-31-45(32-36-50)44-29-27-43(28-30-44)42-17-7-3-8-18-42)52-39-40-54-53-25-15-16-26-55(53)58(56(54)41-52,48-21-11-5-12-22-48)49-23-13-6-14-24-49/h3-41H,1-2H3. The Labute approximate surface area is 348 Å². The Morgan fingerprint density at radius 1 is 0.322 bits per heavy atom. The van der Waals surface area contributed by atoms with Crippen LogP contribution in [0.2, 0.25) is 0 Å². The van der Waals surface area contributed by atoms with Gasteiger partial charge in [0.15, 0.2) is 0 Å². The Morgan fingerprint density at radius 2 is 0.712 bits per heavy atom. The van der Waals surface area contributed by atoms with Crippen LogP contribution in [0.15, 0.2) is 237 Å². The van der Waals surface area contributed by atoms with E-state index in [1.165, 1.54) is 66.8 Å². The molecule has 0 saturated heterocycles. The molecule has 0 heterocycles. The van der Waals surface area contributed by atoms with Crippen LogP contribution in [-0.2, 0) is 10.8 Å². The molecule has 282 valence electrons. The van der Waals surface area contributed by atoms with Gasteiger partial charge in [-0.05, 0) is 103 Å². The lowest BCUT2D eigenvalue weighted by molar-refractivity contribution is 0.641. The van der Waals surface area contributed by atoms with Gasteiger partial charge in [-0.25, -0.2) is 0 Å². The topological polar surface area (TPSA) is 3.24 Å². The number of anilines is 3. The Morgan fingerprint density at radius 3 is 1.27 bits per heavy atom. The molecule has 1 nitrogen and oxygen atoms in total. The summed E-state index contributed by atoms with van der Waals surface area (Å²) in [6.45, 7) is 4.62. The third-order valence-electron chi connectivity index (χ3n) is 12.5. The summed E-state index contributed by atoms with van der Waals surface area (Å²) in [4.78, 5) is 2.42. The van der Waals surface area contributed by atoms with Crippen molar-refractivity contribution in [2.75, 3.05) is 4.90 Å². The predicted molar refractivity (Wildman–Crippen MR) is 248 cm³/mol. The maximum atomic E-state index is 2.45. The van der Waals surface area contributed by atoms with Crippen LogP contribution in [0.5, 0.6) is 0 Å². The maximum Gasteiger partial charge on any atom is 0.0714 e. The van der Waals surface area contributed by atoms with Gasteiger partial charge in [-0.15, -0.1) is 0 Å². The van der Waals surface area contributed by atoms with Gasteiger partial charge in [-0.3, -0.25) is 0 Å². The minimum atomic E-state index is -0.491. The summed E-state index contributed by atoms with van der Waals surface area (Å²) in [6, 6.07) is 86.7. The highest BCUT2D eigenvalue weighted by molar-refractivity contribution is 5.89. The average Bonchev–Trinajstić information content (AvgIpc) is 3.61. The average molecular weight is 756 g/mol. The lowest BCUT2D eigenvalue weighted by atomic mass is 9.67. The van der Waals surface area contributed by atoms with E-state index in [4.69, 9.17) is 0 Å². The van der Waals surface area contributed by atoms with Crippen LogP contribution < -0.4 is 4.90 Å². The van der Waals surface area contributed by atoms with E-state index >= 15 is 0 Å². The lowest BCUT2D eigenvalue weighted by Crippen LogP contribution is -2.28. The summed E-state index contributed by atoms with van der Waals surface area (Å²) in [5.41, 5.74) is 17.8. The molecule has 1 heteroatoms. The zero-order valence-electron chi connectivity index (χ0n) is 33.5. The maximum absolute atomic E-state index is 2.45. The normalized spacial score (nSPS) is 12.7. The molecule has 1 aliphatic rings. The molecule has 0 bridgehead atoms. The number of nitrogens with zero attached hydrogens (tertiary/aromatic N) is 1. The fourth-order valence-electron chi connectivity index (χ4n) is 9.36. The van der Waals surface area contributed by atoms with Crippen LogP contribution in [0.3, 0.4) is 0 Å². The van der Waals surface area contributed by atoms with Crippen LogP contribution >= 0.6 is 0 Å². The van der Waals surface area contributed by atoms with Gasteiger partial charge in [0, 0.05) is 22.5 Å². The van der Waals surface area contributed by atoms with Gasteiger partial charge in [-0.2, -0.15) is 0 Å². The third-order valence-corrected chi connectivity index (χ3v) is 12.5. The molecule has 0 N–H and O–H groups in total. The first-order chi connectivity index (χ1) is 29.0. The van der Waals surface area contributed by atoms with Crippen LogP contribution in [0, 0.1) is 0 Å². The van der Waals surface area contributed by atoms with Crippen molar-refractivity contribution in [3.05, 3.63) is 270 Å². The molecule has 0 amide bonds. The first-order valence-electron chi connectivity index (χ1n) is 20.6. The summed E-state index contributed by atoms with van der Waals surface area (Å²) in [5.74, 6) is 0. The van der Waals surface area contributed by atoms with E-state index in [0.717, 1.165) is 17.1 Å². The highest BCUT2D eigenvalue weighted by Crippen LogP contribution is 2.57. The van der Waals surface area contributed by atoms with Gasteiger partial charge in [-0.1, -0.05) is 214 Å². The van der Waals surface area contributed by atoms with Crippen LogP contribution in [-0.4, -0.2) is 0 Å². The molecule has 0 saturated carbocycles. The van der Waals surface area contributed by atoms with E-state index in [1.807, 2.05) is 0 Å². The van der Waals surface area contributed by atoms with Gasteiger partial charge in [0.1, 0.15) is 0 Å². The van der Waals surface area contributed by atoms with Crippen molar-refractivity contribution in [1.82, 2.24) is 0 Å². The van der Waals surface area contributed by atoms with Crippen molar-refractivity contribution < 1.29 is 0 Å². The second-order valence-electron chi connectivity index (χ2n) is 16.1. The Hall–Kier alpha value is -7.22. The Bertz CT molecular complexity index is 2800. The zero-order chi connectivity index (χ0) is 39.8. The van der Waals surface area contributed by atoms with Crippen LogP contribution in [0.4, 0.5) is 17.1 Å². The molecule has 10 rings (SSSR count). The molecule has 0 aromatic heterocycles. The van der Waals surface area contributed by atoms with E-state index in [0.29, 0.717) is 0 Å². The molecule has 0 spiro atoms. The van der Waals surface area contributed by atoms with Crippen LogP contribution in [0.1, 0.15) is 47.2 Å².